The Hall–Kier alpha value is -5.06. The van der Waals surface area contributed by atoms with E-state index in [1.165, 1.54) is 30.3 Å². The number of ether oxygens (including phenoxy) is 2. The topological polar surface area (TPSA) is 149 Å². The van der Waals surface area contributed by atoms with Crippen molar-refractivity contribution in [2.75, 3.05) is 11.9 Å². The molecule has 0 atom stereocenters. The lowest BCUT2D eigenvalue weighted by atomic mass is 10.1. The average Bonchev–Trinajstić information content (AvgIpc) is 2.88. The Morgan fingerprint density at radius 3 is 2.25 bits per heavy atom. The summed E-state index contributed by atoms with van der Waals surface area (Å²) in [5.74, 6) is -1.87. The number of hydrogen-bond acceptors (Lipinski definition) is 8. The minimum Gasteiger partial charge on any atom is -0.494 e. The monoisotopic (exact) mass is 490 g/mol. The highest BCUT2D eigenvalue weighted by molar-refractivity contribution is 6.39. The van der Waals surface area contributed by atoms with E-state index in [2.05, 4.69) is 15.8 Å². The Balaban J connectivity index is 1.64. The van der Waals surface area contributed by atoms with Gasteiger partial charge >= 0.3 is 17.8 Å². The van der Waals surface area contributed by atoms with Crippen LogP contribution < -0.4 is 20.2 Å². The Kier molecular flexibility index (Phi) is 8.44. The van der Waals surface area contributed by atoms with E-state index < -0.39 is 22.7 Å². The first kappa shape index (κ1) is 25.6. The van der Waals surface area contributed by atoms with E-state index in [1.807, 2.05) is 6.92 Å². The predicted molar refractivity (Wildman–Crippen MR) is 131 cm³/mol. The second kappa shape index (κ2) is 11.9. The van der Waals surface area contributed by atoms with Gasteiger partial charge in [-0.25, -0.2) is 10.2 Å². The number of amides is 2. The van der Waals surface area contributed by atoms with Gasteiger partial charge in [0.1, 0.15) is 11.5 Å². The Bertz CT molecular complexity index is 1300. The van der Waals surface area contributed by atoms with Gasteiger partial charge in [-0.2, -0.15) is 5.10 Å². The maximum absolute atomic E-state index is 12.5. The van der Waals surface area contributed by atoms with Gasteiger partial charge < -0.3 is 14.8 Å². The third kappa shape index (κ3) is 6.73. The highest BCUT2D eigenvalue weighted by atomic mass is 16.6. The van der Waals surface area contributed by atoms with E-state index in [9.17, 15) is 24.5 Å². The standard InChI is InChI=1S/C25H22N4O7/c1-3-35-20-14-10-18(11-15-20)26-23(30)24(31)28-27-16(2)21-6-4-5-7-22(21)36-25(32)17-8-12-19(13-9-17)29(33)34/h4-15H,3H2,1-2H3,(H,26,30)(H,28,31). The van der Waals surface area contributed by atoms with Crippen LogP contribution >= 0.6 is 0 Å². The molecular formula is C25H22N4O7. The number of rotatable bonds is 8. The molecule has 3 rings (SSSR count). The number of hydrogen-bond donors (Lipinski definition) is 2. The van der Waals surface area contributed by atoms with E-state index in [4.69, 9.17) is 9.47 Å². The lowest BCUT2D eigenvalue weighted by Crippen LogP contribution is -2.33. The van der Waals surface area contributed by atoms with Crippen LogP contribution in [0.1, 0.15) is 29.8 Å². The minimum absolute atomic E-state index is 0.115. The van der Waals surface area contributed by atoms with Crippen molar-refractivity contribution >= 4 is 34.9 Å². The van der Waals surface area contributed by atoms with E-state index in [0.717, 1.165) is 0 Å². The van der Waals surface area contributed by atoms with Crippen molar-refractivity contribution in [3.8, 4) is 11.5 Å². The number of para-hydroxylation sites is 1. The molecule has 3 aromatic rings. The van der Waals surface area contributed by atoms with Crippen molar-refractivity contribution in [2.24, 2.45) is 5.10 Å². The van der Waals surface area contributed by atoms with Crippen molar-refractivity contribution in [1.82, 2.24) is 5.43 Å². The molecule has 0 aliphatic carbocycles. The highest BCUT2D eigenvalue weighted by Crippen LogP contribution is 2.21. The van der Waals surface area contributed by atoms with Crippen molar-refractivity contribution in [3.05, 3.63) is 94.0 Å². The SMILES string of the molecule is CCOc1ccc(NC(=O)C(=O)NN=C(C)c2ccccc2OC(=O)c2ccc([N+](=O)[O-])cc2)cc1. The lowest BCUT2D eigenvalue weighted by molar-refractivity contribution is -0.384. The van der Waals surface area contributed by atoms with Gasteiger partial charge in [-0.1, -0.05) is 12.1 Å². The summed E-state index contributed by atoms with van der Waals surface area (Å²) in [7, 11) is 0. The van der Waals surface area contributed by atoms with Gasteiger partial charge in [-0.15, -0.1) is 0 Å². The molecular weight excluding hydrogens is 468 g/mol. The quantitative estimate of drug-likeness (QED) is 0.122. The first-order valence-electron chi connectivity index (χ1n) is 10.7. The van der Waals surface area contributed by atoms with Gasteiger partial charge in [0.15, 0.2) is 0 Å². The number of carbonyl (C=O) groups excluding carboxylic acids is 3. The van der Waals surface area contributed by atoms with Crippen LogP contribution in [0.4, 0.5) is 11.4 Å². The molecule has 0 saturated carbocycles. The number of nitrogens with one attached hydrogen (secondary N) is 2. The number of anilines is 1. The number of benzene rings is 3. The molecule has 184 valence electrons. The summed E-state index contributed by atoms with van der Waals surface area (Å²) >= 11 is 0. The van der Waals surface area contributed by atoms with E-state index >= 15 is 0 Å². The fourth-order valence-electron chi connectivity index (χ4n) is 2.97. The average molecular weight is 490 g/mol. The third-order valence-corrected chi connectivity index (χ3v) is 4.75. The fraction of sp³-hybridized carbons (Fsp3) is 0.120. The van der Waals surface area contributed by atoms with Crippen molar-refractivity contribution < 1.29 is 28.8 Å². The van der Waals surface area contributed by atoms with Crippen molar-refractivity contribution in [2.45, 2.75) is 13.8 Å². The van der Waals surface area contributed by atoms with Gasteiger partial charge in [-0.05, 0) is 62.4 Å². The molecule has 0 bridgehead atoms. The summed E-state index contributed by atoms with van der Waals surface area (Å²) < 4.78 is 10.7. The smallest absolute Gasteiger partial charge is 0.343 e. The fourth-order valence-corrected chi connectivity index (χ4v) is 2.97. The maximum Gasteiger partial charge on any atom is 0.343 e. The number of nitrogens with zero attached hydrogens (tertiary/aromatic N) is 2. The summed E-state index contributed by atoms with van der Waals surface area (Å²) in [6.07, 6.45) is 0. The number of nitro groups is 1. The number of hydrazone groups is 1. The van der Waals surface area contributed by atoms with Crippen molar-refractivity contribution in [1.29, 1.82) is 0 Å². The Labute approximate surface area is 205 Å². The van der Waals surface area contributed by atoms with Crippen LogP contribution in [-0.2, 0) is 9.59 Å². The predicted octanol–water partition coefficient (Wildman–Crippen LogP) is 3.69. The summed E-state index contributed by atoms with van der Waals surface area (Å²) in [4.78, 5) is 47.1. The molecule has 0 radical (unpaired) electrons. The van der Waals surface area contributed by atoms with Crippen LogP contribution in [0, 0.1) is 10.1 Å². The number of carbonyl (C=O) groups is 3. The lowest BCUT2D eigenvalue weighted by Gasteiger charge is -2.10. The van der Waals surface area contributed by atoms with Crippen LogP contribution in [0.2, 0.25) is 0 Å². The summed E-state index contributed by atoms with van der Waals surface area (Å²) in [6.45, 7) is 3.91. The van der Waals surface area contributed by atoms with Crippen LogP contribution in [0.5, 0.6) is 11.5 Å². The minimum atomic E-state index is -0.997. The number of non-ortho nitro benzene ring substituents is 1. The molecule has 2 amide bonds. The summed E-state index contributed by atoms with van der Waals surface area (Å²) in [5, 5.41) is 17.2. The summed E-state index contributed by atoms with van der Waals surface area (Å²) in [5.41, 5.74) is 3.19. The second-order valence-electron chi connectivity index (χ2n) is 7.24. The third-order valence-electron chi connectivity index (χ3n) is 4.75. The molecule has 11 nitrogen and oxygen atoms in total. The van der Waals surface area contributed by atoms with Gasteiger partial charge in [0, 0.05) is 23.4 Å². The normalized spacial score (nSPS) is 10.8. The molecule has 0 spiro atoms. The Morgan fingerprint density at radius 1 is 0.944 bits per heavy atom. The van der Waals surface area contributed by atoms with Crippen LogP contribution in [0.25, 0.3) is 0 Å². The zero-order valence-electron chi connectivity index (χ0n) is 19.4. The van der Waals surface area contributed by atoms with Gasteiger partial charge in [-0.3, -0.25) is 19.7 Å². The zero-order valence-corrected chi connectivity index (χ0v) is 19.4. The highest BCUT2D eigenvalue weighted by Gasteiger charge is 2.16. The first-order valence-corrected chi connectivity index (χ1v) is 10.7. The van der Waals surface area contributed by atoms with Crippen LogP contribution in [0.3, 0.4) is 0 Å². The van der Waals surface area contributed by atoms with Gasteiger partial charge in [0.05, 0.1) is 22.8 Å². The zero-order chi connectivity index (χ0) is 26.1. The van der Waals surface area contributed by atoms with Gasteiger partial charge in [0.25, 0.3) is 5.69 Å². The largest absolute Gasteiger partial charge is 0.494 e. The Morgan fingerprint density at radius 2 is 1.61 bits per heavy atom. The molecule has 0 unspecified atom stereocenters. The molecule has 0 aliphatic heterocycles. The van der Waals surface area contributed by atoms with Gasteiger partial charge in [0.2, 0.25) is 0 Å². The van der Waals surface area contributed by atoms with Crippen LogP contribution in [-0.4, -0.2) is 35.0 Å². The first-order chi connectivity index (χ1) is 17.3. The molecule has 2 N–H and O–H groups in total. The second-order valence-corrected chi connectivity index (χ2v) is 7.24. The molecule has 36 heavy (non-hydrogen) atoms. The van der Waals surface area contributed by atoms with E-state index in [-0.39, 0.29) is 22.7 Å². The molecule has 0 fully saturated rings. The van der Waals surface area contributed by atoms with E-state index in [0.29, 0.717) is 23.6 Å². The summed E-state index contributed by atoms with van der Waals surface area (Å²) in [6, 6.07) is 17.9. The molecule has 0 aliphatic rings. The molecule has 3 aromatic carbocycles. The molecule has 11 heteroatoms. The van der Waals surface area contributed by atoms with Crippen LogP contribution in [0.15, 0.2) is 77.9 Å². The maximum atomic E-state index is 12.5. The van der Waals surface area contributed by atoms with Crippen molar-refractivity contribution in [3.63, 3.8) is 0 Å². The molecule has 0 heterocycles. The number of esters is 1. The number of nitro benzene ring substituents is 1. The molecule has 0 aromatic heterocycles. The van der Waals surface area contributed by atoms with E-state index in [1.54, 1.807) is 49.4 Å². The molecule has 0 saturated heterocycles.